The second kappa shape index (κ2) is 38.0. The number of aromatic nitrogens is 6. The summed E-state index contributed by atoms with van der Waals surface area (Å²) in [6.07, 6.45) is 11.2. The summed E-state index contributed by atoms with van der Waals surface area (Å²) in [6.45, 7) is 4.33. The van der Waals surface area contributed by atoms with Gasteiger partial charge in [0.1, 0.15) is 0 Å². The summed E-state index contributed by atoms with van der Waals surface area (Å²) in [6, 6.07) is 164. The van der Waals surface area contributed by atoms with Crippen molar-refractivity contribution in [3.63, 3.8) is 0 Å². The third-order valence-electron chi connectivity index (χ3n) is 24.0. The molecule has 0 aliphatic carbocycles. The van der Waals surface area contributed by atoms with Crippen LogP contribution in [0.5, 0.6) is 0 Å². The molecule has 0 spiro atoms. The minimum absolute atomic E-state index is 0. The van der Waals surface area contributed by atoms with Gasteiger partial charge in [-0.05, 0) is 220 Å². The molecule has 0 N–H and O–H groups in total. The molecule has 21 aromatic rings. The molecule has 0 aliphatic rings. The van der Waals surface area contributed by atoms with E-state index in [1.54, 1.807) is 12.4 Å². The van der Waals surface area contributed by atoms with E-state index in [2.05, 4.69) is 428 Å². The summed E-state index contributed by atoms with van der Waals surface area (Å²) in [7, 11) is 0. The molecule has 0 fully saturated rings. The number of hydrogen-bond donors (Lipinski definition) is 0. The van der Waals surface area contributed by atoms with Crippen LogP contribution in [0.3, 0.4) is 0 Å². The van der Waals surface area contributed by atoms with E-state index in [1.807, 2.05) is 67.3 Å². The maximum atomic E-state index is 5.11. The van der Waals surface area contributed by atoms with Crippen LogP contribution in [0.2, 0.25) is 0 Å². The smallest absolute Gasteiger partial charge is 0.333 e. The fourth-order valence-corrected chi connectivity index (χ4v) is 17.6. The van der Waals surface area contributed by atoms with Gasteiger partial charge < -0.3 is 29.9 Å². The molecule has 614 valence electrons. The van der Waals surface area contributed by atoms with E-state index in [-0.39, 0.29) is 40.2 Å². The molecule has 0 amide bonds. The molecular weight excluding hydrogens is 1930 g/mol. The van der Waals surface area contributed by atoms with Crippen LogP contribution in [-0.2, 0) is 40.2 Å². The fraction of sp³-hybridized carbons (Fsp3) is 0.0164. The molecule has 0 bridgehead atoms. The van der Waals surface area contributed by atoms with Crippen molar-refractivity contribution < 1.29 is 40.2 Å². The number of benzene rings is 16. The zero-order chi connectivity index (χ0) is 85.6. The molecule has 5 heterocycles. The van der Waals surface area contributed by atoms with Crippen molar-refractivity contribution in [2.45, 2.75) is 13.8 Å². The van der Waals surface area contributed by atoms with Crippen LogP contribution in [0.25, 0.3) is 223 Å². The Morgan fingerprint density at radius 2 is 0.454 bits per heavy atom. The normalized spacial score (nSPS) is 11.0. The average Bonchev–Trinajstić information content (AvgIpc) is 0.752. The van der Waals surface area contributed by atoms with Crippen molar-refractivity contribution in [3.8, 4) is 223 Å². The summed E-state index contributed by atoms with van der Waals surface area (Å²) in [5.41, 5.74) is 41.7. The standard InChI is InChI=1S/C122H78N6.2Ir/c1-81-69-119(127-79-115(81)97-31-21-29-95(71-97)83-25-5-3-6-26-83)91-57-49-87(50-58-91)107-35-11-15-39-111(107)101-74-102(112-40-16-12-36-108(112)88-51-59-92(60-52-88)120-70-82(2)116(80-128-120)98-32-22-30-96(72-98)84-27-7-4-8-28-84)78-104(77-101)114-42-23-41-113(121(114)93-61-63-94(64-62-93)122-125-67-24-68-126-122)103-75-99(109-37-13-9-33-105(109)85-45-53-89(54-46-85)117-43-17-19-65-123-117)73-100(76-103)110-38-14-10-34-106(110)86-47-55-90(56-48-86)118-44-18-20-66-124-118;;/h3-53,55,57,59,61-62,65-80H,1-2H3;;/q-6;2*+3. The molecule has 6 nitrogen and oxygen atoms in total. The largest absolute Gasteiger partial charge is 3.00 e. The van der Waals surface area contributed by atoms with Gasteiger partial charge in [-0.1, -0.05) is 299 Å². The second-order valence-corrected chi connectivity index (χ2v) is 32.0. The maximum Gasteiger partial charge on any atom is 3.00 e. The summed E-state index contributed by atoms with van der Waals surface area (Å²) in [4.78, 5) is 29.0. The molecule has 0 radical (unpaired) electrons. The van der Waals surface area contributed by atoms with Crippen molar-refractivity contribution in [3.05, 3.63) is 485 Å². The van der Waals surface area contributed by atoms with E-state index in [1.165, 1.54) is 22.3 Å². The van der Waals surface area contributed by atoms with Crippen LogP contribution >= 0.6 is 0 Å². The summed E-state index contributed by atoms with van der Waals surface area (Å²) >= 11 is 0. The third-order valence-corrected chi connectivity index (χ3v) is 24.0. The van der Waals surface area contributed by atoms with Crippen LogP contribution in [0.15, 0.2) is 438 Å². The second-order valence-electron chi connectivity index (χ2n) is 32.0. The van der Waals surface area contributed by atoms with E-state index in [4.69, 9.17) is 9.97 Å². The molecule has 16 aromatic carbocycles. The predicted octanol–water partition coefficient (Wildman–Crippen LogP) is 30.8. The van der Waals surface area contributed by atoms with E-state index in [9.17, 15) is 0 Å². The van der Waals surface area contributed by atoms with Gasteiger partial charge in [0.05, 0.1) is 0 Å². The zero-order valence-electron chi connectivity index (χ0n) is 70.9. The van der Waals surface area contributed by atoms with Crippen LogP contribution in [0.1, 0.15) is 11.1 Å². The Morgan fingerprint density at radius 1 is 0.177 bits per heavy atom. The number of aryl methyl sites for hydroxylation is 2. The molecule has 5 aromatic heterocycles. The van der Waals surface area contributed by atoms with E-state index >= 15 is 0 Å². The molecule has 21 rings (SSSR count). The van der Waals surface area contributed by atoms with Gasteiger partial charge in [-0.2, -0.15) is 5.56 Å². The first-order valence-electron chi connectivity index (χ1n) is 43.0. The number of rotatable bonds is 20. The fourth-order valence-electron chi connectivity index (χ4n) is 17.6. The Morgan fingerprint density at radius 3 is 0.785 bits per heavy atom. The summed E-state index contributed by atoms with van der Waals surface area (Å²) in [5.74, 6) is 0.536. The number of hydrogen-bond acceptors (Lipinski definition) is 6. The monoisotopic (exact) mass is 2010 g/mol. The van der Waals surface area contributed by atoms with Crippen LogP contribution < -0.4 is 0 Å². The first kappa shape index (κ1) is 84.0. The molecule has 8 heteroatoms. The Balaban J connectivity index is 0.00000548. The minimum Gasteiger partial charge on any atom is -0.333 e. The van der Waals surface area contributed by atoms with E-state index < -0.39 is 0 Å². The Hall–Kier alpha value is -15.5. The topological polar surface area (TPSA) is 77.3 Å². The van der Waals surface area contributed by atoms with Gasteiger partial charge in [-0.15, -0.1) is 119 Å². The number of pyridine rings is 4. The van der Waals surface area contributed by atoms with Crippen molar-refractivity contribution in [2.75, 3.05) is 0 Å². The molecule has 0 atom stereocenters. The SMILES string of the molecule is Cc1cc(-c2[c-]cc(-c3ccccc3-c3cc(-c4ccccc4-c4c[c-]c(-c5cc(C)c(-c6cccc(-c7ccccc7)c6)cn5)cc4)cc(-c4cccc(-c5cc(-c6ccccc6-c6c[c-]c(-c7ccccn7)cc6)cc(-c6ccccc6-c6c[c-]c(-c7ccccn7)cc6)c5)c4-c4c[c-]c(-c5ncccn5)[c-]c4)c3)cc2)ncc1-c1cccc(-c2ccccc2)c1.[Ir+3].[Ir+3]. The molecule has 130 heavy (non-hydrogen) atoms. The average molecular weight is 2010 g/mol. The summed E-state index contributed by atoms with van der Waals surface area (Å²) in [5, 5.41) is 0. The third kappa shape index (κ3) is 17.5. The molecule has 0 aliphatic heterocycles. The van der Waals surface area contributed by atoms with Crippen LogP contribution in [0, 0.1) is 50.2 Å². The van der Waals surface area contributed by atoms with Crippen molar-refractivity contribution >= 4 is 0 Å². The van der Waals surface area contributed by atoms with Crippen molar-refractivity contribution in [1.82, 2.24) is 29.9 Å². The van der Waals surface area contributed by atoms with Gasteiger partial charge in [0.15, 0.2) is 0 Å². The minimum atomic E-state index is 0. The van der Waals surface area contributed by atoms with Gasteiger partial charge in [-0.3, -0.25) is 12.1 Å². The van der Waals surface area contributed by atoms with Gasteiger partial charge >= 0.3 is 40.2 Å². The van der Waals surface area contributed by atoms with Gasteiger partial charge in [-0.25, -0.2) is 17.7 Å². The Kier molecular flexibility index (Phi) is 24.5. The van der Waals surface area contributed by atoms with E-state index in [0.717, 1.165) is 201 Å². The Bertz CT molecular complexity index is 7240. The first-order chi connectivity index (χ1) is 63.2. The van der Waals surface area contributed by atoms with Gasteiger partial charge in [0.25, 0.3) is 0 Å². The molecule has 0 saturated carbocycles. The van der Waals surface area contributed by atoms with Crippen molar-refractivity contribution in [1.29, 1.82) is 0 Å². The van der Waals surface area contributed by atoms with Crippen molar-refractivity contribution in [2.24, 2.45) is 0 Å². The van der Waals surface area contributed by atoms with Gasteiger partial charge in [0.2, 0.25) is 0 Å². The maximum absolute atomic E-state index is 5.11. The summed E-state index contributed by atoms with van der Waals surface area (Å²) < 4.78 is 0. The predicted molar refractivity (Wildman–Crippen MR) is 524 cm³/mol. The quantitative estimate of drug-likeness (QED) is 0.0708. The van der Waals surface area contributed by atoms with Crippen LogP contribution in [0.4, 0.5) is 0 Å². The van der Waals surface area contributed by atoms with Crippen LogP contribution in [-0.4, -0.2) is 29.9 Å². The Labute approximate surface area is 786 Å². The number of nitrogens with zero attached hydrogens (tertiary/aromatic N) is 6. The molecule has 0 saturated heterocycles. The first-order valence-corrected chi connectivity index (χ1v) is 43.0. The molecule has 0 unspecified atom stereocenters. The zero-order valence-corrected chi connectivity index (χ0v) is 75.7. The van der Waals surface area contributed by atoms with Gasteiger partial charge in [0, 0.05) is 48.3 Å². The molecular formula is C122H78Ir2N6. The van der Waals surface area contributed by atoms with E-state index in [0.29, 0.717) is 11.4 Å².